The van der Waals surface area contributed by atoms with Crippen LogP contribution in [0, 0.1) is 5.92 Å². The predicted molar refractivity (Wildman–Crippen MR) is 122 cm³/mol. The molecule has 1 aliphatic carbocycles. The van der Waals surface area contributed by atoms with Crippen LogP contribution in [0.15, 0.2) is 46.9 Å². The molecule has 3 rings (SSSR count). The van der Waals surface area contributed by atoms with Crippen molar-refractivity contribution in [2.75, 3.05) is 11.9 Å². The van der Waals surface area contributed by atoms with E-state index in [-0.39, 0.29) is 23.8 Å². The molecule has 1 saturated carbocycles. The number of hydrogen-bond donors (Lipinski definition) is 3. The van der Waals surface area contributed by atoms with Crippen LogP contribution >= 0.6 is 15.9 Å². The monoisotopic (exact) mass is 487 g/mol. The molecule has 0 aliphatic heterocycles. The summed E-state index contributed by atoms with van der Waals surface area (Å²) in [7, 11) is 0. The van der Waals surface area contributed by atoms with Gasteiger partial charge >= 0.3 is 0 Å². The highest BCUT2D eigenvalue weighted by Crippen LogP contribution is 2.31. The molecule has 0 aromatic heterocycles. The number of carbonyl (C=O) groups is 3. The third-order valence-corrected chi connectivity index (χ3v) is 5.45. The van der Waals surface area contributed by atoms with Crippen molar-refractivity contribution in [3.8, 4) is 5.75 Å². The first-order valence-electron chi connectivity index (χ1n) is 10.1. The van der Waals surface area contributed by atoms with Crippen molar-refractivity contribution in [2.45, 2.75) is 39.0 Å². The lowest BCUT2D eigenvalue weighted by Gasteiger charge is -2.20. The van der Waals surface area contributed by atoms with E-state index in [9.17, 15) is 14.4 Å². The lowest BCUT2D eigenvalue weighted by Crippen LogP contribution is -2.43. The van der Waals surface area contributed by atoms with E-state index in [0.717, 1.165) is 22.9 Å². The van der Waals surface area contributed by atoms with Crippen molar-refractivity contribution in [2.24, 2.45) is 5.92 Å². The Balaban J connectivity index is 1.45. The average Bonchev–Trinajstić information content (AvgIpc) is 3.56. The quantitative estimate of drug-likeness (QED) is 0.537. The molecule has 3 N–H and O–H groups in total. The maximum Gasteiger partial charge on any atom is 0.276 e. The Bertz CT molecular complexity index is 979. The second-order valence-corrected chi connectivity index (χ2v) is 9.38. The normalized spacial score (nSPS) is 13.3. The highest BCUT2D eigenvalue weighted by atomic mass is 79.9. The SMILES string of the molecule is CC(C)(C)c1ccc(OCC(=O)NNC(=O)c2ccc(NC(=O)C3CC3)cc2)c(Br)c1. The van der Waals surface area contributed by atoms with Crippen molar-refractivity contribution in [1.29, 1.82) is 0 Å². The molecule has 3 amide bonds. The third-order valence-electron chi connectivity index (χ3n) is 4.83. The lowest BCUT2D eigenvalue weighted by atomic mass is 9.87. The van der Waals surface area contributed by atoms with Gasteiger partial charge in [-0.3, -0.25) is 25.2 Å². The lowest BCUT2D eigenvalue weighted by molar-refractivity contribution is -0.123. The van der Waals surface area contributed by atoms with Crippen molar-refractivity contribution in [1.82, 2.24) is 10.9 Å². The third kappa shape index (κ3) is 6.55. The second kappa shape index (κ2) is 9.51. The molecular formula is C23H26BrN3O4. The minimum Gasteiger partial charge on any atom is -0.483 e. The molecule has 0 heterocycles. The minimum absolute atomic E-state index is 0.00369. The number of hydrogen-bond acceptors (Lipinski definition) is 4. The molecule has 7 nitrogen and oxygen atoms in total. The number of benzene rings is 2. The summed E-state index contributed by atoms with van der Waals surface area (Å²) >= 11 is 3.46. The van der Waals surface area contributed by atoms with E-state index < -0.39 is 11.8 Å². The zero-order valence-electron chi connectivity index (χ0n) is 17.8. The average molecular weight is 488 g/mol. The molecule has 0 bridgehead atoms. The minimum atomic E-state index is -0.492. The Kier molecular flexibility index (Phi) is 7.00. The number of carbonyl (C=O) groups excluding carboxylic acids is 3. The van der Waals surface area contributed by atoms with E-state index in [1.807, 2.05) is 12.1 Å². The van der Waals surface area contributed by atoms with Crippen LogP contribution in [0.1, 0.15) is 49.5 Å². The summed E-state index contributed by atoms with van der Waals surface area (Å²) in [5, 5.41) is 2.81. The van der Waals surface area contributed by atoms with Gasteiger partial charge in [-0.15, -0.1) is 0 Å². The van der Waals surface area contributed by atoms with Gasteiger partial charge in [0.15, 0.2) is 6.61 Å². The van der Waals surface area contributed by atoms with Crippen molar-refractivity contribution >= 4 is 39.3 Å². The Morgan fingerprint density at radius 3 is 2.29 bits per heavy atom. The first kappa shape index (κ1) is 22.8. The summed E-state index contributed by atoms with van der Waals surface area (Å²) in [5.41, 5.74) is 6.81. The summed E-state index contributed by atoms with van der Waals surface area (Å²) in [6.07, 6.45) is 1.85. The van der Waals surface area contributed by atoms with Crippen molar-refractivity contribution < 1.29 is 19.1 Å². The summed E-state index contributed by atoms with van der Waals surface area (Å²) < 4.78 is 6.29. The van der Waals surface area contributed by atoms with E-state index in [0.29, 0.717) is 17.0 Å². The van der Waals surface area contributed by atoms with Gasteiger partial charge in [0.1, 0.15) is 5.75 Å². The topological polar surface area (TPSA) is 96.5 Å². The van der Waals surface area contributed by atoms with E-state index in [1.54, 1.807) is 30.3 Å². The fourth-order valence-electron chi connectivity index (χ4n) is 2.76. The highest BCUT2D eigenvalue weighted by molar-refractivity contribution is 9.10. The zero-order valence-corrected chi connectivity index (χ0v) is 19.3. The molecule has 0 unspecified atom stereocenters. The Morgan fingerprint density at radius 1 is 1.03 bits per heavy atom. The molecular weight excluding hydrogens is 462 g/mol. The highest BCUT2D eigenvalue weighted by Gasteiger charge is 2.29. The van der Waals surface area contributed by atoms with Gasteiger partial charge in [-0.1, -0.05) is 26.8 Å². The van der Waals surface area contributed by atoms with E-state index in [1.165, 1.54) is 0 Å². The molecule has 164 valence electrons. The second-order valence-electron chi connectivity index (χ2n) is 8.53. The number of hydrazine groups is 1. The van der Waals surface area contributed by atoms with Gasteiger partial charge in [0.2, 0.25) is 5.91 Å². The number of rotatable bonds is 6. The van der Waals surface area contributed by atoms with Crippen LogP contribution in [0.5, 0.6) is 5.75 Å². The fraction of sp³-hybridized carbons (Fsp3) is 0.348. The molecule has 0 radical (unpaired) electrons. The Morgan fingerprint density at radius 2 is 1.71 bits per heavy atom. The van der Waals surface area contributed by atoms with Crippen LogP contribution in [0.2, 0.25) is 0 Å². The molecule has 0 saturated heterocycles. The molecule has 0 atom stereocenters. The molecule has 1 fully saturated rings. The standard InChI is InChI=1S/C23H26BrN3O4/c1-23(2,3)16-8-11-19(18(24)12-16)31-13-20(28)26-27-22(30)15-6-9-17(10-7-15)25-21(29)14-4-5-14/h6-12,14H,4-5,13H2,1-3H3,(H,25,29)(H,26,28)(H,27,30). The number of ether oxygens (including phenoxy) is 1. The van der Waals surface area contributed by atoms with Gasteiger partial charge in [-0.05, 0) is 76.1 Å². The molecule has 31 heavy (non-hydrogen) atoms. The Labute approximate surface area is 190 Å². The molecule has 1 aliphatic rings. The first-order chi connectivity index (χ1) is 14.6. The number of anilines is 1. The summed E-state index contributed by atoms with van der Waals surface area (Å²) in [4.78, 5) is 36.0. The first-order valence-corrected chi connectivity index (χ1v) is 10.9. The van der Waals surface area contributed by atoms with E-state index in [2.05, 4.69) is 52.9 Å². The van der Waals surface area contributed by atoms with Gasteiger partial charge in [-0.25, -0.2) is 0 Å². The van der Waals surface area contributed by atoms with Crippen molar-refractivity contribution in [3.05, 3.63) is 58.1 Å². The molecule has 0 spiro atoms. The predicted octanol–water partition coefficient (Wildman–Crippen LogP) is 3.94. The van der Waals surface area contributed by atoms with Gasteiger partial charge in [-0.2, -0.15) is 0 Å². The molecule has 2 aromatic carbocycles. The smallest absolute Gasteiger partial charge is 0.276 e. The van der Waals surface area contributed by atoms with Crippen LogP contribution in [0.25, 0.3) is 0 Å². The van der Waals surface area contributed by atoms with Crippen molar-refractivity contribution in [3.63, 3.8) is 0 Å². The van der Waals surface area contributed by atoms with Crippen LogP contribution in [-0.2, 0) is 15.0 Å². The van der Waals surface area contributed by atoms with Crippen LogP contribution < -0.4 is 20.9 Å². The number of amides is 3. The van der Waals surface area contributed by atoms with Gasteiger partial charge in [0.05, 0.1) is 4.47 Å². The summed E-state index contributed by atoms with van der Waals surface area (Å²) in [5.74, 6) is -0.308. The van der Waals surface area contributed by atoms with Crippen LogP contribution in [0.3, 0.4) is 0 Å². The Hall–Kier alpha value is -2.87. The maximum absolute atomic E-state index is 12.2. The zero-order chi connectivity index (χ0) is 22.6. The number of nitrogens with one attached hydrogen (secondary N) is 3. The van der Waals surface area contributed by atoms with Crippen LogP contribution in [-0.4, -0.2) is 24.3 Å². The van der Waals surface area contributed by atoms with Gasteiger partial charge < -0.3 is 10.1 Å². The number of halogens is 1. The molecule has 2 aromatic rings. The van der Waals surface area contributed by atoms with Crippen LogP contribution in [0.4, 0.5) is 5.69 Å². The fourth-order valence-corrected chi connectivity index (χ4v) is 3.25. The summed E-state index contributed by atoms with van der Waals surface area (Å²) in [6.45, 7) is 6.09. The summed E-state index contributed by atoms with van der Waals surface area (Å²) in [6, 6.07) is 12.2. The van der Waals surface area contributed by atoms with Gasteiger partial charge in [0, 0.05) is 17.2 Å². The van der Waals surface area contributed by atoms with Gasteiger partial charge in [0.25, 0.3) is 11.8 Å². The molecule has 8 heteroatoms. The van der Waals surface area contributed by atoms with E-state index in [4.69, 9.17) is 4.74 Å². The largest absolute Gasteiger partial charge is 0.483 e. The van der Waals surface area contributed by atoms with E-state index >= 15 is 0 Å². The maximum atomic E-state index is 12.2.